The zero-order valence-electron chi connectivity index (χ0n) is 16.3. The van der Waals surface area contributed by atoms with Crippen LogP contribution in [0.4, 0.5) is 0 Å². The van der Waals surface area contributed by atoms with Crippen LogP contribution in [0.15, 0.2) is 50.8 Å². The monoisotopic (exact) mass is 465 g/mol. The van der Waals surface area contributed by atoms with E-state index in [1.54, 1.807) is 32.0 Å². The zero-order chi connectivity index (χ0) is 21.6. The first kappa shape index (κ1) is 20.6. The van der Waals surface area contributed by atoms with Crippen molar-refractivity contribution >= 4 is 38.9 Å². The summed E-state index contributed by atoms with van der Waals surface area (Å²) in [4.78, 5) is 3.26. The number of aromatic amines is 1. The van der Waals surface area contributed by atoms with Gasteiger partial charge in [-0.2, -0.15) is 5.11 Å². The van der Waals surface area contributed by atoms with Gasteiger partial charge in [0.05, 0.1) is 28.4 Å². The third kappa shape index (κ3) is 3.32. The number of aromatic nitrogens is 2. The number of H-pyrrole nitrogens is 1. The highest BCUT2D eigenvalue weighted by Gasteiger charge is 2.26. The number of ether oxygens (including phenoxy) is 1. The Kier molecular flexibility index (Phi) is 5.21. The van der Waals surface area contributed by atoms with Crippen LogP contribution in [0, 0.1) is 13.8 Å². The first-order chi connectivity index (χ1) is 14.2. The summed E-state index contributed by atoms with van der Waals surface area (Å²) in [6.07, 6.45) is 1.41. The van der Waals surface area contributed by atoms with Gasteiger partial charge in [0.25, 0.3) is 10.0 Å². The number of aryl methyl sites for hydroxylation is 2. The van der Waals surface area contributed by atoms with E-state index in [4.69, 9.17) is 27.9 Å². The molecule has 0 fully saturated rings. The standard InChI is InChI=1S/C19H17Cl2N5O3S/c1-10-6-12(7-11(2)17(10)21)30(27,28)26-5-4-13(20)19(26)14-8-16(29-3)18(23-14)15-9-22-25-24-15/h4-8,23H,9H2,1-3H3. The van der Waals surface area contributed by atoms with Gasteiger partial charge in [0.1, 0.15) is 23.7 Å². The fourth-order valence-electron chi connectivity index (χ4n) is 3.29. The molecule has 0 spiro atoms. The molecule has 3 aromatic rings. The second-order valence-electron chi connectivity index (χ2n) is 6.75. The number of hydrogen-bond acceptors (Lipinski definition) is 6. The van der Waals surface area contributed by atoms with E-state index in [-0.39, 0.29) is 15.6 Å². The lowest BCUT2D eigenvalue weighted by molar-refractivity contribution is 0.414. The van der Waals surface area contributed by atoms with E-state index in [2.05, 4.69) is 20.4 Å². The molecule has 0 unspecified atom stereocenters. The molecule has 2 aromatic heterocycles. The number of benzene rings is 1. The highest BCUT2D eigenvalue weighted by Crippen LogP contribution is 2.36. The molecule has 1 aliphatic rings. The Morgan fingerprint density at radius 1 is 1.17 bits per heavy atom. The van der Waals surface area contributed by atoms with Gasteiger partial charge in [-0.3, -0.25) is 0 Å². The first-order valence-corrected chi connectivity index (χ1v) is 11.0. The minimum Gasteiger partial charge on any atom is -0.494 e. The number of nitrogens with zero attached hydrogens (tertiary/aromatic N) is 4. The van der Waals surface area contributed by atoms with E-state index in [1.807, 2.05) is 0 Å². The Morgan fingerprint density at radius 2 is 1.87 bits per heavy atom. The van der Waals surface area contributed by atoms with Crippen LogP contribution in [0.2, 0.25) is 10.0 Å². The van der Waals surface area contributed by atoms with Gasteiger partial charge in [-0.25, -0.2) is 12.4 Å². The Labute approximate surface area is 183 Å². The summed E-state index contributed by atoms with van der Waals surface area (Å²) in [6.45, 7) is 3.82. The quantitative estimate of drug-likeness (QED) is 0.583. The highest BCUT2D eigenvalue weighted by molar-refractivity contribution is 7.90. The Bertz CT molecular complexity index is 1300. The lowest BCUT2D eigenvalue weighted by Gasteiger charge is -2.12. The van der Waals surface area contributed by atoms with Gasteiger partial charge in [0.2, 0.25) is 0 Å². The predicted molar refractivity (Wildman–Crippen MR) is 116 cm³/mol. The van der Waals surface area contributed by atoms with E-state index in [1.165, 1.54) is 19.4 Å². The molecule has 156 valence electrons. The maximum absolute atomic E-state index is 13.4. The summed E-state index contributed by atoms with van der Waals surface area (Å²) in [6, 6.07) is 6.27. The third-order valence-electron chi connectivity index (χ3n) is 4.76. The minimum absolute atomic E-state index is 0.118. The molecular weight excluding hydrogens is 449 g/mol. The maximum Gasteiger partial charge on any atom is 0.268 e. The van der Waals surface area contributed by atoms with Crippen LogP contribution in [-0.4, -0.2) is 36.7 Å². The minimum atomic E-state index is -3.94. The molecule has 30 heavy (non-hydrogen) atoms. The average molecular weight is 466 g/mol. The molecule has 3 heterocycles. The lowest BCUT2D eigenvalue weighted by atomic mass is 10.2. The van der Waals surface area contributed by atoms with Gasteiger partial charge in [0, 0.05) is 17.3 Å². The van der Waals surface area contributed by atoms with E-state index >= 15 is 0 Å². The normalized spacial score (nSPS) is 13.7. The van der Waals surface area contributed by atoms with Gasteiger partial charge >= 0.3 is 0 Å². The summed E-state index contributed by atoms with van der Waals surface area (Å²) >= 11 is 12.6. The van der Waals surface area contributed by atoms with Gasteiger partial charge in [-0.1, -0.05) is 23.2 Å². The van der Waals surface area contributed by atoms with Crippen LogP contribution in [0.5, 0.6) is 5.75 Å². The highest BCUT2D eigenvalue weighted by atomic mass is 35.5. The third-order valence-corrected chi connectivity index (χ3v) is 7.32. The number of rotatable bonds is 5. The summed E-state index contributed by atoms with van der Waals surface area (Å²) in [7, 11) is -2.43. The SMILES string of the molecule is COc1cc(-c2c(Cl)ccn2S(=O)(=O)c2cc(C)c(Cl)c(C)c2)[nH]c1C1=NN=NC1. The van der Waals surface area contributed by atoms with Crippen LogP contribution in [0.3, 0.4) is 0 Å². The van der Waals surface area contributed by atoms with Crippen molar-refractivity contribution in [2.75, 3.05) is 13.7 Å². The Balaban J connectivity index is 1.87. The fourth-order valence-corrected chi connectivity index (χ4v) is 5.24. The second kappa shape index (κ2) is 7.57. The Morgan fingerprint density at radius 3 is 2.47 bits per heavy atom. The maximum atomic E-state index is 13.4. The average Bonchev–Trinajstić information content (AvgIpc) is 3.44. The molecule has 0 saturated heterocycles. The number of nitrogens with one attached hydrogen (secondary N) is 1. The largest absolute Gasteiger partial charge is 0.494 e. The lowest BCUT2D eigenvalue weighted by Crippen LogP contribution is -2.14. The first-order valence-electron chi connectivity index (χ1n) is 8.84. The van der Waals surface area contributed by atoms with E-state index in [0.717, 1.165) is 3.97 Å². The molecule has 0 saturated carbocycles. The van der Waals surface area contributed by atoms with Gasteiger partial charge in [0.15, 0.2) is 0 Å². The molecule has 4 rings (SSSR count). The topological polar surface area (TPSA) is 101 Å². The molecular formula is C19H17Cl2N5O3S. The van der Waals surface area contributed by atoms with Gasteiger partial charge < -0.3 is 9.72 Å². The zero-order valence-corrected chi connectivity index (χ0v) is 18.6. The van der Waals surface area contributed by atoms with Gasteiger partial charge in [-0.15, -0.1) is 5.10 Å². The molecule has 1 N–H and O–H groups in total. The van der Waals surface area contributed by atoms with Crippen LogP contribution >= 0.6 is 23.2 Å². The van der Waals surface area contributed by atoms with Crippen molar-refractivity contribution in [1.82, 2.24) is 8.96 Å². The molecule has 0 atom stereocenters. The summed E-state index contributed by atoms with van der Waals surface area (Å²) in [5.74, 6) is 0.482. The summed E-state index contributed by atoms with van der Waals surface area (Å²) in [5.41, 5.74) is 3.23. The van der Waals surface area contributed by atoms with Crippen molar-refractivity contribution in [2.45, 2.75) is 18.7 Å². The summed E-state index contributed by atoms with van der Waals surface area (Å²) in [5, 5.41) is 12.2. The second-order valence-corrected chi connectivity index (χ2v) is 9.35. The van der Waals surface area contributed by atoms with Crippen LogP contribution in [-0.2, 0) is 10.0 Å². The van der Waals surface area contributed by atoms with Crippen molar-refractivity contribution < 1.29 is 13.2 Å². The van der Waals surface area contributed by atoms with E-state index in [0.29, 0.717) is 45.5 Å². The van der Waals surface area contributed by atoms with Crippen LogP contribution in [0.1, 0.15) is 16.8 Å². The molecule has 0 bridgehead atoms. The molecule has 0 radical (unpaired) electrons. The molecule has 1 aliphatic heterocycles. The van der Waals surface area contributed by atoms with Crippen molar-refractivity contribution in [1.29, 1.82) is 0 Å². The molecule has 8 nitrogen and oxygen atoms in total. The van der Waals surface area contributed by atoms with Crippen LogP contribution in [0.25, 0.3) is 11.4 Å². The van der Waals surface area contributed by atoms with Crippen molar-refractivity contribution in [3.05, 3.63) is 57.3 Å². The number of halogens is 2. The Hall–Kier alpha value is -2.62. The van der Waals surface area contributed by atoms with Crippen LogP contribution < -0.4 is 4.74 Å². The summed E-state index contributed by atoms with van der Waals surface area (Å²) < 4.78 is 33.4. The molecule has 11 heteroatoms. The van der Waals surface area contributed by atoms with Crippen molar-refractivity contribution in [3.8, 4) is 17.1 Å². The van der Waals surface area contributed by atoms with E-state index < -0.39 is 10.0 Å². The predicted octanol–water partition coefficient (Wildman–Crippen LogP) is 4.82. The van der Waals surface area contributed by atoms with Crippen molar-refractivity contribution in [2.24, 2.45) is 15.4 Å². The molecule has 0 amide bonds. The molecule has 1 aromatic carbocycles. The number of hydrogen-bond donors (Lipinski definition) is 1. The fraction of sp³-hybridized carbons (Fsp3) is 0.211. The van der Waals surface area contributed by atoms with Gasteiger partial charge in [-0.05, 0) is 48.4 Å². The van der Waals surface area contributed by atoms with E-state index in [9.17, 15) is 8.42 Å². The number of methoxy groups -OCH3 is 1. The molecule has 0 aliphatic carbocycles. The smallest absolute Gasteiger partial charge is 0.268 e. The van der Waals surface area contributed by atoms with Crippen molar-refractivity contribution in [3.63, 3.8) is 0 Å².